The predicted molar refractivity (Wildman–Crippen MR) is 123 cm³/mol. The van der Waals surface area contributed by atoms with Crippen LogP contribution in [0, 0.1) is 11.8 Å². The lowest BCUT2D eigenvalue weighted by Gasteiger charge is -2.50. The molecule has 0 unspecified atom stereocenters. The number of anilines is 1. The molecular formula is C23H24ClN3O8. The number of hydrogen-bond acceptors (Lipinski definition) is 9. The Morgan fingerprint density at radius 3 is 2.40 bits per heavy atom. The SMILES string of the molecule is CC(=O)Nc1c(Cl)cc2c(c1O)C(=O)C1=C(O)[C@]3(O)C(=O)C(C(N)=O)=C(O)[C@@H](N(C)C)[C@@H]3C[C@@H]1C2. The number of phenols is 1. The van der Waals surface area contributed by atoms with Crippen molar-refractivity contribution in [2.45, 2.75) is 31.4 Å². The van der Waals surface area contributed by atoms with E-state index in [1.165, 1.54) is 17.9 Å². The molecule has 0 radical (unpaired) electrons. The summed E-state index contributed by atoms with van der Waals surface area (Å²) in [5.41, 5.74) is 1.33. The fourth-order valence-electron chi connectivity index (χ4n) is 5.57. The van der Waals surface area contributed by atoms with E-state index in [2.05, 4.69) is 5.32 Å². The van der Waals surface area contributed by atoms with Crippen molar-refractivity contribution in [3.8, 4) is 5.75 Å². The summed E-state index contributed by atoms with van der Waals surface area (Å²) in [4.78, 5) is 51.7. The van der Waals surface area contributed by atoms with Crippen LogP contribution < -0.4 is 11.1 Å². The van der Waals surface area contributed by atoms with E-state index in [0.717, 1.165) is 0 Å². The zero-order valence-electron chi connectivity index (χ0n) is 19.0. The summed E-state index contributed by atoms with van der Waals surface area (Å²) < 4.78 is 0. The molecule has 3 aliphatic rings. The number of carbonyl (C=O) groups is 4. The van der Waals surface area contributed by atoms with Crippen molar-refractivity contribution in [2.75, 3.05) is 19.4 Å². The van der Waals surface area contributed by atoms with Crippen molar-refractivity contribution in [1.82, 2.24) is 4.90 Å². The minimum Gasteiger partial charge on any atom is -0.510 e. The molecule has 0 bridgehead atoms. The average molecular weight is 506 g/mol. The van der Waals surface area contributed by atoms with Gasteiger partial charge in [0, 0.05) is 18.4 Å². The zero-order chi connectivity index (χ0) is 26.1. The normalized spacial score (nSPS) is 28.0. The van der Waals surface area contributed by atoms with Crippen LogP contribution >= 0.6 is 11.6 Å². The molecule has 0 heterocycles. The van der Waals surface area contributed by atoms with Crippen LogP contribution in [0.25, 0.3) is 0 Å². The zero-order valence-corrected chi connectivity index (χ0v) is 19.8. The van der Waals surface area contributed by atoms with Crippen LogP contribution in [0.15, 0.2) is 28.7 Å². The molecular weight excluding hydrogens is 482 g/mol. The number of halogens is 1. The highest BCUT2D eigenvalue weighted by atomic mass is 35.5. The molecule has 0 fully saturated rings. The molecule has 0 aromatic heterocycles. The number of nitrogens with zero attached hydrogens (tertiary/aromatic N) is 1. The lowest BCUT2D eigenvalue weighted by atomic mass is 9.58. The molecule has 3 aliphatic carbocycles. The van der Waals surface area contributed by atoms with Crippen molar-refractivity contribution < 1.29 is 39.6 Å². The van der Waals surface area contributed by atoms with E-state index in [9.17, 15) is 39.6 Å². The van der Waals surface area contributed by atoms with Crippen molar-refractivity contribution in [3.63, 3.8) is 0 Å². The van der Waals surface area contributed by atoms with Gasteiger partial charge in [-0.3, -0.25) is 24.1 Å². The molecule has 1 aromatic carbocycles. The highest BCUT2D eigenvalue weighted by molar-refractivity contribution is 6.35. The van der Waals surface area contributed by atoms with E-state index in [1.54, 1.807) is 14.1 Å². The van der Waals surface area contributed by atoms with Crippen LogP contribution in [0.1, 0.15) is 29.3 Å². The van der Waals surface area contributed by atoms with Crippen LogP contribution in [0.2, 0.25) is 5.02 Å². The number of rotatable bonds is 3. The third-order valence-corrected chi connectivity index (χ3v) is 7.26. The molecule has 4 atom stereocenters. The summed E-state index contributed by atoms with van der Waals surface area (Å²) in [6.07, 6.45) is 0.0692. The van der Waals surface area contributed by atoms with E-state index in [0.29, 0.717) is 5.56 Å². The van der Waals surface area contributed by atoms with Crippen LogP contribution in [0.3, 0.4) is 0 Å². The van der Waals surface area contributed by atoms with Crippen molar-refractivity contribution in [2.24, 2.45) is 17.6 Å². The number of amides is 2. The van der Waals surface area contributed by atoms with Gasteiger partial charge in [-0.1, -0.05) is 11.6 Å². The largest absolute Gasteiger partial charge is 0.510 e. The monoisotopic (exact) mass is 505 g/mol. The highest BCUT2D eigenvalue weighted by Gasteiger charge is 2.63. The third-order valence-electron chi connectivity index (χ3n) is 6.97. The van der Waals surface area contributed by atoms with Gasteiger partial charge in [0.05, 0.1) is 16.6 Å². The summed E-state index contributed by atoms with van der Waals surface area (Å²) in [7, 11) is 3.10. The number of carbonyl (C=O) groups excluding carboxylic acids is 4. The van der Waals surface area contributed by atoms with E-state index in [1.807, 2.05) is 0 Å². The Morgan fingerprint density at radius 2 is 1.86 bits per heavy atom. The number of fused-ring (bicyclic) bond motifs is 3. The van der Waals surface area contributed by atoms with Gasteiger partial charge >= 0.3 is 0 Å². The van der Waals surface area contributed by atoms with E-state index in [4.69, 9.17) is 17.3 Å². The first-order valence-electron chi connectivity index (χ1n) is 10.7. The molecule has 35 heavy (non-hydrogen) atoms. The minimum absolute atomic E-state index is 0.00101. The maximum absolute atomic E-state index is 13.5. The Bertz CT molecular complexity index is 1280. The molecule has 0 spiro atoms. The average Bonchev–Trinajstić information content (AvgIpc) is 2.72. The lowest BCUT2D eigenvalue weighted by molar-refractivity contribution is -0.148. The number of aliphatic hydroxyl groups excluding tert-OH is 2. The van der Waals surface area contributed by atoms with Crippen molar-refractivity contribution in [3.05, 3.63) is 44.9 Å². The maximum Gasteiger partial charge on any atom is 0.255 e. The van der Waals surface area contributed by atoms with Gasteiger partial charge in [0.15, 0.2) is 17.1 Å². The molecule has 0 aliphatic heterocycles. The molecule has 12 heteroatoms. The van der Waals surface area contributed by atoms with Crippen LogP contribution in [0.5, 0.6) is 5.75 Å². The number of benzene rings is 1. The molecule has 4 rings (SSSR count). The summed E-state index contributed by atoms with van der Waals surface area (Å²) in [6, 6.07) is 0.353. The molecule has 0 saturated heterocycles. The Hall–Kier alpha value is -3.41. The first kappa shape index (κ1) is 24.7. The van der Waals surface area contributed by atoms with E-state index >= 15 is 0 Å². The van der Waals surface area contributed by atoms with E-state index in [-0.39, 0.29) is 34.7 Å². The first-order chi connectivity index (χ1) is 16.2. The fraction of sp³-hybridized carbons (Fsp3) is 0.391. The van der Waals surface area contributed by atoms with Crippen LogP contribution in [-0.2, 0) is 20.8 Å². The van der Waals surface area contributed by atoms with Crippen LogP contribution in [-0.4, -0.2) is 74.4 Å². The highest BCUT2D eigenvalue weighted by Crippen LogP contribution is 2.53. The van der Waals surface area contributed by atoms with Gasteiger partial charge < -0.3 is 31.5 Å². The summed E-state index contributed by atoms with van der Waals surface area (Å²) in [5.74, 6) is -8.06. The molecule has 11 nitrogen and oxygen atoms in total. The second-order valence-corrected chi connectivity index (χ2v) is 9.67. The number of nitrogens with two attached hydrogens (primary N) is 1. The number of Topliss-reactive ketones (excluding diaryl/α,β-unsaturated/α-hetero) is 2. The van der Waals surface area contributed by atoms with E-state index < -0.39 is 69.7 Å². The number of allylic oxidation sites excluding steroid dienone is 1. The first-order valence-corrected chi connectivity index (χ1v) is 11.1. The van der Waals surface area contributed by atoms with Gasteiger partial charge in [-0.2, -0.15) is 0 Å². The number of ketones is 2. The summed E-state index contributed by atoms with van der Waals surface area (Å²) >= 11 is 6.22. The standard InChI is InChI=1S/C23H24ClN3O8/c1-7(28)26-15-11(24)6-9-4-8-5-10-16(27(2)3)19(31)14(22(25)34)21(33)23(10,35)20(32)13(8)17(29)12(9)18(15)30/h6,8,10,16,30-32,35H,4-5H2,1-3H3,(H2,25,34)(H,26,28)/t8-,10-,16-,23-/m0/s1. The Labute approximate surface area is 204 Å². The van der Waals surface area contributed by atoms with Crippen LogP contribution in [0.4, 0.5) is 5.69 Å². The second-order valence-electron chi connectivity index (χ2n) is 9.26. The maximum atomic E-state index is 13.5. The summed E-state index contributed by atoms with van der Waals surface area (Å²) in [5, 5.41) is 46.6. The summed E-state index contributed by atoms with van der Waals surface area (Å²) in [6.45, 7) is 1.19. The van der Waals surface area contributed by atoms with Gasteiger partial charge in [0.25, 0.3) is 5.91 Å². The Kier molecular flexibility index (Phi) is 5.70. The number of hydrogen-bond donors (Lipinski definition) is 6. The number of primary amides is 1. The smallest absolute Gasteiger partial charge is 0.255 e. The van der Waals surface area contributed by atoms with Gasteiger partial charge in [0.1, 0.15) is 22.8 Å². The number of aliphatic hydroxyl groups is 3. The number of phenolic OH excluding ortho intramolecular Hbond substituents is 1. The molecule has 7 N–H and O–H groups in total. The molecule has 0 saturated carbocycles. The number of likely N-dealkylation sites (N-methyl/N-ethyl adjacent to an activating group) is 1. The molecule has 186 valence electrons. The van der Waals surface area contributed by atoms with Gasteiger partial charge in [-0.15, -0.1) is 0 Å². The Balaban J connectivity index is 1.95. The quantitative estimate of drug-likeness (QED) is 0.254. The fourth-order valence-corrected chi connectivity index (χ4v) is 5.83. The van der Waals surface area contributed by atoms with Gasteiger partial charge in [0.2, 0.25) is 11.7 Å². The van der Waals surface area contributed by atoms with Gasteiger partial charge in [-0.25, -0.2) is 0 Å². The lowest BCUT2D eigenvalue weighted by Crippen LogP contribution is -2.63. The minimum atomic E-state index is -2.72. The second kappa shape index (κ2) is 8.08. The number of aromatic hydroxyl groups is 1. The molecule has 2 amide bonds. The topological polar surface area (TPSA) is 190 Å². The van der Waals surface area contributed by atoms with Gasteiger partial charge in [-0.05, 0) is 44.5 Å². The van der Waals surface area contributed by atoms with Crippen molar-refractivity contribution >= 4 is 40.7 Å². The molecule has 1 aromatic rings. The Morgan fingerprint density at radius 1 is 1.23 bits per heavy atom. The predicted octanol–water partition coefficient (Wildman–Crippen LogP) is 0.732. The van der Waals surface area contributed by atoms with Crippen molar-refractivity contribution in [1.29, 1.82) is 0 Å². The number of nitrogens with one attached hydrogen (secondary N) is 1. The third kappa shape index (κ3) is 3.33.